The molecule has 110 valence electrons. The van der Waals surface area contributed by atoms with Crippen LogP contribution in [0.3, 0.4) is 0 Å². The molecule has 1 aromatic heterocycles. The van der Waals surface area contributed by atoms with E-state index in [0.29, 0.717) is 12.1 Å². The molecule has 1 aromatic rings. The van der Waals surface area contributed by atoms with E-state index < -0.39 is 0 Å². The maximum atomic E-state index is 12.0. The summed E-state index contributed by atoms with van der Waals surface area (Å²) in [6, 6.07) is 3.62. The summed E-state index contributed by atoms with van der Waals surface area (Å²) in [5.41, 5.74) is 0.361. The quantitative estimate of drug-likeness (QED) is 0.836. The van der Waals surface area contributed by atoms with Crippen molar-refractivity contribution in [3.8, 4) is 0 Å². The number of rotatable bonds is 6. The molecule has 2 N–H and O–H groups in total. The molecule has 0 aromatic carbocycles. The van der Waals surface area contributed by atoms with E-state index >= 15 is 0 Å². The second kappa shape index (κ2) is 6.70. The Morgan fingerprint density at radius 3 is 2.95 bits per heavy atom. The molecule has 1 unspecified atom stereocenters. The number of amides is 1. The number of anilines is 1. The molecule has 0 aliphatic carbocycles. The first-order valence-corrected chi connectivity index (χ1v) is 7.25. The highest BCUT2D eigenvalue weighted by Gasteiger charge is 2.30. The number of aromatic nitrogens is 1. The molecule has 2 rings (SSSR count). The van der Waals surface area contributed by atoms with Gasteiger partial charge in [0.1, 0.15) is 5.82 Å². The fraction of sp³-hybridized carbons (Fsp3) is 0.600. The van der Waals surface area contributed by atoms with E-state index in [9.17, 15) is 4.79 Å². The topological polar surface area (TPSA) is 63.2 Å². The van der Waals surface area contributed by atoms with Gasteiger partial charge in [-0.3, -0.25) is 4.79 Å². The zero-order valence-electron chi connectivity index (χ0n) is 12.2. The van der Waals surface area contributed by atoms with Crippen LogP contribution in [0.1, 0.15) is 43.5 Å². The molecular formula is C15H23N3O2. The molecule has 1 saturated heterocycles. The second-order valence-corrected chi connectivity index (χ2v) is 5.44. The highest BCUT2D eigenvalue weighted by molar-refractivity contribution is 5.94. The van der Waals surface area contributed by atoms with Crippen LogP contribution in [0.2, 0.25) is 0 Å². The Hall–Kier alpha value is -1.62. The van der Waals surface area contributed by atoms with Crippen LogP contribution in [0.5, 0.6) is 0 Å². The lowest BCUT2D eigenvalue weighted by atomic mass is 10.0. The van der Waals surface area contributed by atoms with Crippen molar-refractivity contribution in [1.82, 2.24) is 10.3 Å². The van der Waals surface area contributed by atoms with E-state index in [4.69, 9.17) is 4.74 Å². The predicted molar refractivity (Wildman–Crippen MR) is 78.9 cm³/mol. The molecule has 0 bridgehead atoms. The zero-order valence-corrected chi connectivity index (χ0v) is 12.2. The van der Waals surface area contributed by atoms with Gasteiger partial charge in [-0.2, -0.15) is 0 Å². The summed E-state index contributed by atoms with van der Waals surface area (Å²) >= 11 is 0. The molecule has 1 atom stereocenters. The monoisotopic (exact) mass is 277 g/mol. The number of ether oxygens (including phenoxy) is 1. The molecular weight excluding hydrogens is 254 g/mol. The third-order valence-electron chi connectivity index (χ3n) is 3.51. The minimum Gasteiger partial charge on any atom is -0.373 e. The first-order valence-electron chi connectivity index (χ1n) is 7.25. The number of nitrogens with one attached hydrogen (secondary N) is 2. The number of hydrogen-bond acceptors (Lipinski definition) is 4. The summed E-state index contributed by atoms with van der Waals surface area (Å²) in [5, 5.41) is 6.10. The maximum absolute atomic E-state index is 12.0. The van der Waals surface area contributed by atoms with Crippen molar-refractivity contribution >= 4 is 11.7 Å². The number of nitrogens with zero attached hydrogens (tertiary/aromatic N) is 1. The van der Waals surface area contributed by atoms with Crippen LogP contribution in [-0.4, -0.2) is 36.2 Å². The lowest BCUT2D eigenvalue weighted by Crippen LogP contribution is -2.40. The Morgan fingerprint density at radius 2 is 2.35 bits per heavy atom. The van der Waals surface area contributed by atoms with Gasteiger partial charge in [-0.1, -0.05) is 6.92 Å². The van der Waals surface area contributed by atoms with Crippen LogP contribution < -0.4 is 10.6 Å². The Kier molecular flexibility index (Phi) is 4.95. The van der Waals surface area contributed by atoms with Crippen LogP contribution in [-0.2, 0) is 4.74 Å². The molecule has 1 aliphatic heterocycles. The van der Waals surface area contributed by atoms with E-state index in [0.717, 1.165) is 38.2 Å². The van der Waals surface area contributed by atoms with Crippen LogP contribution in [0, 0.1) is 0 Å². The van der Waals surface area contributed by atoms with Gasteiger partial charge in [0.15, 0.2) is 0 Å². The molecule has 5 nitrogen and oxygen atoms in total. The summed E-state index contributed by atoms with van der Waals surface area (Å²) < 4.78 is 5.65. The molecule has 20 heavy (non-hydrogen) atoms. The third kappa shape index (κ3) is 3.93. The molecule has 0 radical (unpaired) electrons. The van der Waals surface area contributed by atoms with Crippen molar-refractivity contribution in [2.75, 3.05) is 25.0 Å². The zero-order chi connectivity index (χ0) is 14.4. The van der Waals surface area contributed by atoms with Gasteiger partial charge in [0.25, 0.3) is 5.91 Å². The smallest absolute Gasteiger partial charge is 0.252 e. The minimum atomic E-state index is -0.217. The van der Waals surface area contributed by atoms with Gasteiger partial charge < -0.3 is 15.4 Å². The van der Waals surface area contributed by atoms with Gasteiger partial charge in [-0.05, 0) is 38.3 Å². The maximum Gasteiger partial charge on any atom is 0.252 e. The first-order chi connectivity index (χ1) is 9.63. The van der Waals surface area contributed by atoms with Crippen molar-refractivity contribution in [1.29, 1.82) is 0 Å². The lowest BCUT2D eigenvalue weighted by molar-refractivity contribution is 0.0206. The Labute approximate surface area is 120 Å². The normalized spacial score (nSPS) is 21.7. The fourth-order valence-electron chi connectivity index (χ4n) is 2.23. The molecule has 1 aliphatic rings. The average molecular weight is 277 g/mol. The van der Waals surface area contributed by atoms with Gasteiger partial charge in [-0.15, -0.1) is 0 Å². The summed E-state index contributed by atoms with van der Waals surface area (Å²) in [6.07, 6.45) is 4.70. The Morgan fingerprint density at radius 1 is 1.50 bits per heavy atom. The van der Waals surface area contributed by atoms with Crippen molar-refractivity contribution < 1.29 is 9.53 Å². The first kappa shape index (κ1) is 14.8. The van der Waals surface area contributed by atoms with E-state index in [-0.39, 0.29) is 11.5 Å². The van der Waals surface area contributed by atoms with Gasteiger partial charge in [0.05, 0.1) is 11.2 Å². The number of carbonyl (C=O) groups excluding carboxylic acids is 1. The second-order valence-electron chi connectivity index (χ2n) is 5.44. The third-order valence-corrected chi connectivity index (χ3v) is 3.51. The minimum absolute atomic E-state index is 0.101. The molecule has 5 heteroatoms. The van der Waals surface area contributed by atoms with E-state index in [1.165, 1.54) is 0 Å². The van der Waals surface area contributed by atoms with Gasteiger partial charge in [-0.25, -0.2) is 4.98 Å². The van der Waals surface area contributed by atoms with Gasteiger partial charge in [0, 0.05) is 25.9 Å². The van der Waals surface area contributed by atoms with Crippen molar-refractivity contribution in [3.63, 3.8) is 0 Å². The van der Waals surface area contributed by atoms with E-state index in [2.05, 4.69) is 22.5 Å². The highest BCUT2D eigenvalue weighted by Crippen LogP contribution is 2.23. The van der Waals surface area contributed by atoms with Crippen LogP contribution in [0.15, 0.2) is 18.3 Å². The highest BCUT2D eigenvalue weighted by atomic mass is 16.5. The standard InChI is InChI=1S/C15H23N3O2/c1-3-8-16-13-6-5-12(10-17-13)14(19)18-11-15(2)7-4-9-20-15/h5-6,10H,3-4,7-9,11H2,1-2H3,(H,16,17)(H,18,19). The van der Waals surface area contributed by atoms with Crippen molar-refractivity contribution in [3.05, 3.63) is 23.9 Å². The summed E-state index contributed by atoms with van der Waals surface area (Å²) in [4.78, 5) is 16.3. The van der Waals surface area contributed by atoms with E-state index in [1.807, 2.05) is 13.0 Å². The summed E-state index contributed by atoms with van der Waals surface area (Å²) in [6.45, 7) is 6.35. The van der Waals surface area contributed by atoms with Crippen molar-refractivity contribution in [2.24, 2.45) is 0 Å². The molecule has 0 spiro atoms. The SMILES string of the molecule is CCCNc1ccc(C(=O)NCC2(C)CCCO2)cn1. The number of hydrogen-bond donors (Lipinski definition) is 2. The van der Waals surface area contributed by atoms with Gasteiger partial charge in [0.2, 0.25) is 0 Å². The average Bonchev–Trinajstić information content (AvgIpc) is 2.90. The molecule has 0 saturated carbocycles. The number of carbonyl (C=O) groups is 1. The Bertz CT molecular complexity index is 439. The van der Waals surface area contributed by atoms with Crippen LogP contribution >= 0.6 is 0 Å². The largest absolute Gasteiger partial charge is 0.373 e. The van der Waals surface area contributed by atoms with Gasteiger partial charge >= 0.3 is 0 Å². The lowest BCUT2D eigenvalue weighted by Gasteiger charge is -2.23. The van der Waals surface area contributed by atoms with Crippen LogP contribution in [0.4, 0.5) is 5.82 Å². The molecule has 1 amide bonds. The number of pyridine rings is 1. The predicted octanol–water partition coefficient (Wildman–Crippen LogP) is 2.20. The Balaban J connectivity index is 1.85. The summed E-state index contributed by atoms with van der Waals surface area (Å²) in [7, 11) is 0. The molecule has 1 fully saturated rings. The van der Waals surface area contributed by atoms with Crippen molar-refractivity contribution in [2.45, 2.75) is 38.7 Å². The molecule has 2 heterocycles. The summed E-state index contributed by atoms with van der Waals surface area (Å²) in [5.74, 6) is 0.700. The van der Waals surface area contributed by atoms with Crippen LogP contribution in [0.25, 0.3) is 0 Å². The fourth-order valence-corrected chi connectivity index (χ4v) is 2.23. The van der Waals surface area contributed by atoms with E-state index in [1.54, 1.807) is 12.3 Å².